The van der Waals surface area contributed by atoms with E-state index in [2.05, 4.69) is 43.5 Å². The smallest absolute Gasteiger partial charge is 0.262 e. The number of hydrogen-bond acceptors (Lipinski definition) is 10. The monoisotopic (exact) mass is 817 g/mol. The van der Waals surface area contributed by atoms with Gasteiger partial charge in [-0.2, -0.15) is 5.26 Å². The quantitative estimate of drug-likeness (QED) is 0.282. The lowest BCUT2D eigenvalue weighted by Gasteiger charge is -2.35. The molecule has 1 aliphatic carbocycles. The molecule has 59 heavy (non-hydrogen) atoms. The molecule has 6 aliphatic rings. The molecule has 306 valence electrons. The zero-order chi connectivity index (χ0) is 40.8. The van der Waals surface area contributed by atoms with E-state index in [1.165, 1.54) is 0 Å². The van der Waals surface area contributed by atoms with Crippen LogP contribution in [0.5, 0.6) is 5.75 Å². The summed E-state index contributed by atoms with van der Waals surface area (Å²) < 4.78 is 6.11. The Morgan fingerprint density at radius 3 is 2.17 bits per heavy atom. The Morgan fingerprint density at radius 2 is 1.49 bits per heavy atom. The highest BCUT2D eigenvalue weighted by Gasteiger charge is 2.46. The number of nitriles is 1. The van der Waals surface area contributed by atoms with E-state index in [1.807, 2.05) is 18.2 Å². The number of benzene rings is 3. The van der Waals surface area contributed by atoms with Crippen molar-refractivity contribution in [3.05, 3.63) is 87.9 Å². The van der Waals surface area contributed by atoms with Gasteiger partial charge < -0.3 is 24.8 Å². The molecule has 9 rings (SSSR count). The van der Waals surface area contributed by atoms with Gasteiger partial charge in [0.05, 0.1) is 27.8 Å². The highest BCUT2D eigenvalue weighted by atomic mass is 35.5. The number of ether oxygens (including phenoxy) is 1. The second kappa shape index (κ2) is 16.3. The largest absolute Gasteiger partial charge is 0.490 e. The van der Waals surface area contributed by atoms with E-state index in [-0.39, 0.29) is 36.8 Å². The lowest BCUT2D eigenvalue weighted by molar-refractivity contribution is -0.136. The van der Waals surface area contributed by atoms with Crippen molar-refractivity contribution in [3.8, 4) is 11.8 Å². The Balaban J connectivity index is 0.699. The summed E-state index contributed by atoms with van der Waals surface area (Å²) in [6, 6.07) is 19.8. The molecule has 5 aliphatic heterocycles. The Kier molecular flexibility index (Phi) is 10.8. The van der Waals surface area contributed by atoms with Crippen LogP contribution < -0.4 is 25.2 Å². The van der Waals surface area contributed by atoms with Crippen molar-refractivity contribution >= 4 is 52.5 Å². The van der Waals surface area contributed by atoms with Crippen molar-refractivity contribution < 1.29 is 28.7 Å². The normalized spacial score (nSPS) is 26.1. The molecule has 0 bridgehead atoms. The van der Waals surface area contributed by atoms with E-state index in [4.69, 9.17) is 21.6 Å². The van der Waals surface area contributed by atoms with Crippen molar-refractivity contribution in [1.82, 2.24) is 20.4 Å². The summed E-state index contributed by atoms with van der Waals surface area (Å²) in [5.41, 5.74) is 3.81. The van der Waals surface area contributed by atoms with Gasteiger partial charge in [-0.1, -0.05) is 11.6 Å². The first-order valence-electron chi connectivity index (χ1n) is 20.9. The maximum absolute atomic E-state index is 13.4. The molecule has 3 aromatic rings. The van der Waals surface area contributed by atoms with Crippen LogP contribution in [0.4, 0.5) is 11.4 Å². The Hall–Kier alpha value is -5.45. The Labute approximate surface area is 348 Å². The maximum Gasteiger partial charge on any atom is 0.262 e. The van der Waals surface area contributed by atoms with Crippen LogP contribution in [0.25, 0.3) is 0 Å². The molecule has 0 radical (unpaired) electrons. The van der Waals surface area contributed by atoms with Crippen LogP contribution in [0, 0.1) is 29.1 Å². The van der Waals surface area contributed by atoms with E-state index >= 15 is 0 Å². The molecule has 3 atom stereocenters. The molecule has 13 nitrogen and oxygen atoms in total. The van der Waals surface area contributed by atoms with Crippen molar-refractivity contribution in [2.75, 3.05) is 55.6 Å². The number of fused-ring (bicyclic) bond motifs is 2. The summed E-state index contributed by atoms with van der Waals surface area (Å²) in [5.74, 6) is 0.410. The molecule has 1 saturated carbocycles. The highest BCUT2D eigenvalue weighted by molar-refractivity contribution is 6.31. The average molecular weight is 818 g/mol. The number of piperidine rings is 2. The number of imide groups is 2. The zero-order valence-corrected chi connectivity index (χ0v) is 33.7. The number of nitrogens with one attached hydrogen (secondary N) is 2. The van der Waals surface area contributed by atoms with Gasteiger partial charge in [-0.15, -0.1) is 0 Å². The first-order valence-corrected chi connectivity index (χ1v) is 21.3. The summed E-state index contributed by atoms with van der Waals surface area (Å²) in [4.78, 5) is 72.2. The number of rotatable bonds is 9. The number of carbonyl (C=O) groups is 5. The topological polar surface area (TPSA) is 155 Å². The minimum atomic E-state index is -0.964. The van der Waals surface area contributed by atoms with Gasteiger partial charge in [0.25, 0.3) is 17.7 Å². The third-order valence-electron chi connectivity index (χ3n) is 13.3. The van der Waals surface area contributed by atoms with Gasteiger partial charge in [0.15, 0.2) is 0 Å². The van der Waals surface area contributed by atoms with Gasteiger partial charge in [0.2, 0.25) is 11.8 Å². The molecule has 2 N–H and O–H groups in total. The second-order valence-corrected chi connectivity index (χ2v) is 17.5. The van der Waals surface area contributed by atoms with E-state index in [0.29, 0.717) is 50.8 Å². The predicted octanol–water partition coefficient (Wildman–Crippen LogP) is 5.02. The highest BCUT2D eigenvalue weighted by Crippen LogP contribution is 2.38. The van der Waals surface area contributed by atoms with Crippen LogP contribution in [0.3, 0.4) is 0 Å². The zero-order valence-electron chi connectivity index (χ0n) is 32.9. The van der Waals surface area contributed by atoms with Crippen LogP contribution >= 0.6 is 11.6 Å². The van der Waals surface area contributed by atoms with E-state index in [9.17, 15) is 24.0 Å². The minimum absolute atomic E-state index is 0.0470. The van der Waals surface area contributed by atoms with Gasteiger partial charge in [0, 0.05) is 81.3 Å². The van der Waals surface area contributed by atoms with Gasteiger partial charge in [-0.3, -0.25) is 34.2 Å². The molecule has 0 aromatic heterocycles. The third kappa shape index (κ3) is 8.00. The number of halogens is 1. The Morgan fingerprint density at radius 1 is 0.797 bits per heavy atom. The summed E-state index contributed by atoms with van der Waals surface area (Å²) in [5, 5.41) is 15.0. The molecule has 5 fully saturated rings. The number of hydrogen-bond donors (Lipinski definition) is 2. The number of anilines is 2. The fourth-order valence-corrected chi connectivity index (χ4v) is 10.3. The molecule has 4 saturated heterocycles. The maximum atomic E-state index is 13.4. The summed E-state index contributed by atoms with van der Waals surface area (Å²) in [6.07, 6.45) is 5.88. The average Bonchev–Trinajstić information content (AvgIpc) is 3.88. The van der Waals surface area contributed by atoms with Crippen molar-refractivity contribution in [2.24, 2.45) is 17.8 Å². The second-order valence-electron chi connectivity index (χ2n) is 17.1. The van der Waals surface area contributed by atoms with E-state index in [1.54, 1.807) is 30.3 Å². The van der Waals surface area contributed by atoms with Crippen LogP contribution in [-0.4, -0.2) is 103 Å². The number of likely N-dealkylation sites (tertiary alicyclic amines) is 1. The number of carbonyl (C=O) groups excluding carboxylic acids is 5. The van der Waals surface area contributed by atoms with E-state index < -0.39 is 23.8 Å². The number of amides is 5. The van der Waals surface area contributed by atoms with Crippen molar-refractivity contribution in [2.45, 2.75) is 69.6 Å². The van der Waals surface area contributed by atoms with Gasteiger partial charge in [-0.25, -0.2) is 0 Å². The molecule has 14 heteroatoms. The van der Waals surface area contributed by atoms with Crippen molar-refractivity contribution in [1.29, 1.82) is 5.26 Å². The molecule has 3 unspecified atom stereocenters. The van der Waals surface area contributed by atoms with Crippen molar-refractivity contribution in [3.63, 3.8) is 0 Å². The van der Waals surface area contributed by atoms with E-state index in [0.717, 1.165) is 101 Å². The van der Waals surface area contributed by atoms with Crippen LogP contribution in [-0.2, 0) is 9.59 Å². The molecular weight excluding hydrogens is 770 g/mol. The first kappa shape index (κ1) is 39.0. The molecule has 0 spiro atoms. The summed E-state index contributed by atoms with van der Waals surface area (Å²) in [6.45, 7) is 7.00. The lowest BCUT2D eigenvalue weighted by atomic mass is 9.92. The predicted molar refractivity (Wildman–Crippen MR) is 220 cm³/mol. The standard InChI is InChI=1S/C45H48ClN7O6/c46-39-20-36(9-3-29(39)21-47)59-35-10-4-32(5-11-35)48-42(55)28-1-6-33(7-2-28)51-17-15-27(16-18-51)22-50-23-30-25-52(26-31(30)24-50)34-8-12-37-38(19-34)45(58)53(44(37)57)40-13-14-41(54)49-43(40)56/h1-3,6-9,12,19-20,27,30-32,35,40H,4-5,10-11,13-18,22-26H2,(H,48,55)(H,49,54,56). The Bertz CT molecular complexity index is 2200. The van der Waals surface area contributed by atoms with Gasteiger partial charge in [-0.05, 0) is 117 Å². The first-order chi connectivity index (χ1) is 28.6. The van der Waals surface area contributed by atoms with Gasteiger partial charge in [0.1, 0.15) is 17.9 Å². The van der Waals surface area contributed by atoms with Gasteiger partial charge >= 0.3 is 0 Å². The molecule has 5 heterocycles. The summed E-state index contributed by atoms with van der Waals surface area (Å²) in [7, 11) is 0. The van der Waals surface area contributed by atoms with Crippen LogP contribution in [0.2, 0.25) is 5.02 Å². The molecule has 5 amide bonds. The molecule has 3 aromatic carbocycles. The minimum Gasteiger partial charge on any atom is -0.490 e. The molecular formula is C45H48ClN7O6. The fraction of sp³-hybridized carbons (Fsp3) is 0.467. The fourth-order valence-electron chi connectivity index (χ4n) is 10.1. The number of nitrogens with zero attached hydrogens (tertiary/aromatic N) is 5. The SMILES string of the molecule is N#Cc1ccc(OC2CCC(NC(=O)c3ccc(N4CCC(CN5CC6CN(c7ccc8c(c7)C(=O)N(C7CCC(=O)NC7=O)C8=O)CC6C5)CC4)cc3)CC2)cc1Cl. The lowest BCUT2D eigenvalue weighted by Crippen LogP contribution is -2.54. The van der Waals surface area contributed by atoms with Crippen LogP contribution in [0.15, 0.2) is 60.7 Å². The summed E-state index contributed by atoms with van der Waals surface area (Å²) >= 11 is 6.16. The van der Waals surface area contributed by atoms with Crippen LogP contribution in [0.1, 0.15) is 88.0 Å². The third-order valence-corrected chi connectivity index (χ3v) is 13.7.